The highest BCUT2D eigenvalue weighted by Crippen LogP contribution is 2.29. The molecule has 3 rings (SSSR count). The van der Waals surface area contributed by atoms with E-state index in [4.69, 9.17) is 23.2 Å². The van der Waals surface area contributed by atoms with Crippen molar-refractivity contribution in [3.05, 3.63) is 58.1 Å². The lowest BCUT2D eigenvalue weighted by Gasteiger charge is -2.29. The minimum atomic E-state index is -1.49. The maximum Gasteiger partial charge on any atom is 0.225 e. The van der Waals surface area contributed by atoms with E-state index in [0.717, 1.165) is 18.8 Å². The molecule has 5 nitrogen and oxygen atoms in total. The molecule has 2 aromatic rings. The topological polar surface area (TPSA) is 52.7 Å². The SMILES string of the molecule is CN1CCC(c2ccc(NC(=O)CCN(C)S(=O)c3cccc(Cl)c3Cl)cc2)CC1. The number of halogens is 2. The molecule has 1 N–H and O–H groups in total. The summed E-state index contributed by atoms with van der Waals surface area (Å²) in [6.07, 6.45) is 2.56. The first-order valence-corrected chi connectivity index (χ1v) is 11.9. The zero-order valence-electron chi connectivity index (χ0n) is 17.2. The molecule has 1 saturated heterocycles. The quantitative estimate of drug-likeness (QED) is 0.636. The van der Waals surface area contributed by atoms with Gasteiger partial charge in [0.25, 0.3) is 0 Å². The summed E-state index contributed by atoms with van der Waals surface area (Å²) in [5.74, 6) is 0.468. The molecule has 30 heavy (non-hydrogen) atoms. The molecule has 0 radical (unpaired) electrons. The Balaban J connectivity index is 1.49. The number of anilines is 1. The summed E-state index contributed by atoms with van der Waals surface area (Å²) < 4.78 is 14.2. The van der Waals surface area contributed by atoms with Gasteiger partial charge in [0, 0.05) is 25.7 Å². The zero-order chi connectivity index (χ0) is 21.7. The fraction of sp³-hybridized carbons (Fsp3) is 0.409. The molecule has 8 heteroatoms. The molecule has 1 unspecified atom stereocenters. The largest absolute Gasteiger partial charge is 0.326 e. The van der Waals surface area contributed by atoms with E-state index in [9.17, 15) is 9.00 Å². The van der Waals surface area contributed by atoms with Gasteiger partial charge in [-0.15, -0.1) is 0 Å². The molecule has 1 heterocycles. The van der Waals surface area contributed by atoms with Crippen LogP contribution in [0.1, 0.15) is 30.7 Å². The molecule has 0 aromatic heterocycles. The number of carbonyl (C=O) groups is 1. The van der Waals surface area contributed by atoms with Gasteiger partial charge in [-0.1, -0.05) is 41.4 Å². The number of benzene rings is 2. The first-order valence-electron chi connectivity index (χ1n) is 10.0. The molecule has 0 spiro atoms. The van der Waals surface area contributed by atoms with Crippen molar-refractivity contribution in [1.29, 1.82) is 0 Å². The molecule has 162 valence electrons. The summed E-state index contributed by atoms with van der Waals surface area (Å²) in [6, 6.07) is 13.2. The molecule has 1 atom stereocenters. The van der Waals surface area contributed by atoms with Crippen LogP contribution in [0.15, 0.2) is 47.4 Å². The van der Waals surface area contributed by atoms with Crippen LogP contribution in [-0.2, 0) is 15.8 Å². The van der Waals surface area contributed by atoms with Gasteiger partial charge >= 0.3 is 0 Å². The number of piperidine rings is 1. The van der Waals surface area contributed by atoms with Crippen LogP contribution in [-0.4, -0.2) is 53.1 Å². The Bertz CT molecular complexity index is 900. The van der Waals surface area contributed by atoms with Gasteiger partial charge in [0.05, 0.1) is 14.9 Å². The minimum absolute atomic E-state index is 0.122. The van der Waals surface area contributed by atoms with Gasteiger partial charge in [-0.25, -0.2) is 8.51 Å². The Morgan fingerprint density at radius 3 is 2.50 bits per heavy atom. The van der Waals surface area contributed by atoms with Crippen molar-refractivity contribution in [1.82, 2.24) is 9.21 Å². The smallest absolute Gasteiger partial charge is 0.225 e. The monoisotopic (exact) mass is 467 g/mol. The van der Waals surface area contributed by atoms with Crippen molar-refractivity contribution in [2.24, 2.45) is 0 Å². The Hall–Kier alpha value is -1.44. The van der Waals surface area contributed by atoms with Crippen LogP contribution in [0.5, 0.6) is 0 Å². The Labute approximate surface area is 190 Å². The number of rotatable bonds is 7. The minimum Gasteiger partial charge on any atom is -0.326 e. The molecule has 1 amide bonds. The van der Waals surface area contributed by atoms with E-state index in [1.54, 1.807) is 29.6 Å². The van der Waals surface area contributed by atoms with Crippen molar-refractivity contribution in [3.63, 3.8) is 0 Å². The lowest BCUT2D eigenvalue weighted by atomic mass is 9.89. The summed E-state index contributed by atoms with van der Waals surface area (Å²) >= 11 is 12.1. The summed E-state index contributed by atoms with van der Waals surface area (Å²) in [7, 11) is 2.36. The van der Waals surface area contributed by atoms with Gasteiger partial charge in [-0.3, -0.25) is 4.79 Å². The number of likely N-dealkylation sites (tertiary alicyclic amines) is 1. The average molecular weight is 468 g/mol. The summed E-state index contributed by atoms with van der Waals surface area (Å²) in [6.45, 7) is 2.58. The van der Waals surface area contributed by atoms with E-state index in [1.807, 2.05) is 12.1 Å². The van der Waals surface area contributed by atoms with Crippen molar-refractivity contribution in [2.75, 3.05) is 39.0 Å². The standard InChI is InChI=1S/C22H27Cl2N3O2S/c1-26-13-10-17(11-14-26)16-6-8-18(9-7-16)25-21(28)12-15-27(2)30(29)20-5-3-4-19(23)22(20)24/h3-9,17H,10-15H2,1-2H3,(H,25,28). The molecule has 1 aliphatic rings. The predicted octanol–water partition coefficient (Wildman–Crippen LogP) is 4.79. The lowest BCUT2D eigenvalue weighted by Crippen LogP contribution is -2.29. The highest BCUT2D eigenvalue weighted by molar-refractivity contribution is 7.82. The van der Waals surface area contributed by atoms with E-state index in [2.05, 4.69) is 29.4 Å². The van der Waals surface area contributed by atoms with E-state index in [0.29, 0.717) is 22.4 Å². The van der Waals surface area contributed by atoms with Gasteiger partial charge in [-0.2, -0.15) is 0 Å². The number of hydrogen-bond acceptors (Lipinski definition) is 3. The second kappa shape index (κ2) is 10.7. The number of carbonyl (C=O) groups excluding carboxylic acids is 1. The van der Waals surface area contributed by atoms with Crippen LogP contribution in [0.2, 0.25) is 10.0 Å². The second-order valence-corrected chi connectivity index (χ2v) is 10.00. The fourth-order valence-corrected chi connectivity index (χ4v) is 5.14. The van der Waals surface area contributed by atoms with E-state index in [1.165, 1.54) is 18.4 Å². The molecular weight excluding hydrogens is 441 g/mol. The van der Waals surface area contributed by atoms with Crippen LogP contribution in [0.4, 0.5) is 5.69 Å². The van der Waals surface area contributed by atoms with Gasteiger partial charge < -0.3 is 10.2 Å². The van der Waals surface area contributed by atoms with Gasteiger partial charge in [0.15, 0.2) is 0 Å². The molecular formula is C22H27Cl2N3O2S. The first kappa shape index (κ1) is 23.2. The Kier molecular flexibility index (Phi) is 8.31. The number of nitrogens with zero attached hydrogens (tertiary/aromatic N) is 2. The highest BCUT2D eigenvalue weighted by atomic mass is 35.5. The Morgan fingerprint density at radius 1 is 1.17 bits per heavy atom. The molecule has 1 fully saturated rings. The molecule has 0 aliphatic carbocycles. The lowest BCUT2D eigenvalue weighted by molar-refractivity contribution is -0.116. The Morgan fingerprint density at radius 2 is 1.83 bits per heavy atom. The second-order valence-electron chi connectivity index (χ2n) is 7.65. The van der Waals surface area contributed by atoms with Gasteiger partial charge in [-0.05, 0) is 68.7 Å². The first-order chi connectivity index (χ1) is 14.3. The van der Waals surface area contributed by atoms with Crippen molar-refractivity contribution >= 4 is 45.8 Å². The maximum absolute atomic E-state index is 12.7. The predicted molar refractivity (Wildman–Crippen MR) is 125 cm³/mol. The van der Waals surface area contributed by atoms with Gasteiger partial charge in [0.1, 0.15) is 11.0 Å². The summed E-state index contributed by atoms with van der Waals surface area (Å²) in [5, 5.41) is 3.55. The number of hydrogen-bond donors (Lipinski definition) is 1. The van der Waals surface area contributed by atoms with E-state index in [-0.39, 0.29) is 17.4 Å². The molecule has 0 saturated carbocycles. The van der Waals surface area contributed by atoms with Crippen LogP contribution in [0, 0.1) is 0 Å². The maximum atomic E-state index is 12.7. The van der Waals surface area contributed by atoms with Crippen LogP contribution < -0.4 is 5.32 Å². The van der Waals surface area contributed by atoms with E-state index >= 15 is 0 Å². The normalized spacial score (nSPS) is 16.6. The third-order valence-electron chi connectivity index (χ3n) is 5.43. The van der Waals surface area contributed by atoms with Crippen LogP contribution in [0.25, 0.3) is 0 Å². The molecule has 2 aromatic carbocycles. The van der Waals surface area contributed by atoms with Crippen molar-refractivity contribution in [2.45, 2.75) is 30.1 Å². The third kappa shape index (κ3) is 6.05. The van der Waals surface area contributed by atoms with E-state index < -0.39 is 11.0 Å². The molecule has 1 aliphatic heterocycles. The summed E-state index contributed by atoms with van der Waals surface area (Å²) in [5.41, 5.74) is 2.10. The third-order valence-corrected chi connectivity index (χ3v) is 7.82. The zero-order valence-corrected chi connectivity index (χ0v) is 19.6. The summed E-state index contributed by atoms with van der Waals surface area (Å²) in [4.78, 5) is 15.1. The highest BCUT2D eigenvalue weighted by Gasteiger charge is 2.19. The van der Waals surface area contributed by atoms with Crippen LogP contribution >= 0.6 is 23.2 Å². The van der Waals surface area contributed by atoms with Crippen molar-refractivity contribution in [3.8, 4) is 0 Å². The molecule has 0 bridgehead atoms. The number of nitrogens with one attached hydrogen (secondary N) is 1. The van der Waals surface area contributed by atoms with Crippen LogP contribution in [0.3, 0.4) is 0 Å². The average Bonchev–Trinajstić information content (AvgIpc) is 2.74. The number of amides is 1. The fourth-order valence-electron chi connectivity index (χ4n) is 3.53. The van der Waals surface area contributed by atoms with Crippen molar-refractivity contribution < 1.29 is 9.00 Å². The van der Waals surface area contributed by atoms with Gasteiger partial charge in [0.2, 0.25) is 5.91 Å².